The normalized spacial score (nSPS) is 9.56. The van der Waals surface area contributed by atoms with E-state index >= 15 is 0 Å². The fraction of sp³-hybridized carbons (Fsp3) is 0.133. The molecule has 1 N–H and O–H groups in total. The van der Waals surface area contributed by atoms with E-state index < -0.39 is 0 Å². The predicted octanol–water partition coefficient (Wildman–Crippen LogP) is 3.14. The fourth-order valence-electron chi connectivity index (χ4n) is 1.70. The van der Waals surface area contributed by atoms with Crippen LogP contribution in [0.4, 0.5) is 5.69 Å². The quantitative estimate of drug-likeness (QED) is 0.484. The van der Waals surface area contributed by atoms with Crippen molar-refractivity contribution in [3.05, 3.63) is 71.3 Å². The lowest BCUT2D eigenvalue weighted by Gasteiger charge is -2.06. The molecule has 0 atom stereocenters. The lowest BCUT2D eigenvalue weighted by Crippen LogP contribution is -1.99. The van der Waals surface area contributed by atoms with Gasteiger partial charge >= 0.3 is 0 Å². The van der Waals surface area contributed by atoms with Crippen molar-refractivity contribution < 1.29 is 4.79 Å². The van der Waals surface area contributed by atoms with Gasteiger partial charge in [0, 0.05) is 12.2 Å². The molecule has 90 valence electrons. The molecule has 0 aliphatic carbocycles. The summed E-state index contributed by atoms with van der Waals surface area (Å²) in [5.74, 6) is 0. The number of hydrogen-bond donors (Lipinski definition) is 1. The molecule has 0 unspecified atom stereocenters. The third kappa shape index (κ3) is 3.58. The molecule has 0 amide bonds. The average Bonchev–Trinajstić information content (AvgIpc) is 2.45. The first-order valence-corrected chi connectivity index (χ1v) is 5.91. The zero-order valence-corrected chi connectivity index (χ0v) is 10.1. The van der Waals surface area contributed by atoms with Gasteiger partial charge in [0.15, 0.2) is 0 Å². The van der Waals surface area contributed by atoms with E-state index in [9.17, 15) is 0 Å². The molecule has 18 heavy (non-hydrogen) atoms. The lowest BCUT2D eigenvalue weighted by molar-refractivity contribution is 0.00157. The summed E-state index contributed by atoms with van der Waals surface area (Å²) in [5.41, 5.74) is 11.8. The van der Waals surface area contributed by atoms with Gasteiger partial charge in [0.05, 0.1) is 6.42 Å². The standard InChI is InChI=1S/C15H15N3/c16-18-11-10-13-6-8-15(9-7-13)17-12-14-4-2-1-3-5-14/h1-9,11,17H,10,12H2. The summed E-state index contributed by atoms with van der Waals surface area (Å²) >= 11 is 0. The summed E-state index contributed by atoms with van der Waals surface area (Å²) in [6.07, 6.45) is 2.13. The highest BCUT2D eigenvalue weighted by Crippen LogP contribution is 2.11. The summed E-state index contributed by atoms with van der Waals surface area (Å²) in [6.45, 7) is 0.818. The van der Waals surface area contributed by atoms with Crippen LogP contribution in [0.2, 0.25) is 0 Å². The zero-order chi connectivity index (χ0) is 12.6. The molecule has 0 saturated carbocycles. The van der Waals surface area contributed by atoms with Gasteiger partial charge in [-0.05, 0) is 23.3 Å². The molecule has 3 nitrogen and oxygen atoms in total. The summed E-state index contributed by atoms with van der Waals surface area (Å²) in [6, 6.07) is 18.4. The number of hydrogen-bond acceptors (Lipinski definition) is 1. The maximum absolute atomic E-state index is 8.35. The fourth-order valence-corrected chi connectivity index (χ4v) is 1.70. The van der Waals surface area contributed by atoms with Crippen molar-refractivity contribution >= 4 is 11.9 Å². The first-order chi connectivity index (χ1) is 8.88. The molecule has 0 saturated heterocycles. The molecule has 0 fully saturated rings. The van der Waals surface area contributed by atoms with Gasteiger partial charge in [-0.2, -0.15) is 4.79 Å². The minimum absolute atomic E-state index is 0.648. The highest BCUT2D eigenvalue weighted by Gasteiger charge is 1.95. The molecule has 0 aliphatic rings. The Kier molecular flexibility index (Phi) is 4.28. The molecular formula is C15H15N3. The Labute approximate surface area is 107 Å². The van der Waals surface area contributed by atoms with Gasteiger partial charge in [0.25, 0.3) is 6.21 Å². The summed E-state index contributed by atoms with van der Waals surface area (Å²) in [5, 5.41) is 3.36. The third-order valence-electron chi connectivity index (χ3n) is 2.70. The van der Waals surface area contributed by atoms with Crippen LogP contribution in [0, 0.1) is 0 Å². The molecule has 2 rings (SSSR count). The van der Waals surface area contributed by atoms with E-state index in [1.165, 1.54) is 11.8 Å². The Morgan fingerprint density at radius 2 is 1.67 bits per heavy atom. The van der Waals surface area contributed by atoms with Gasteiger partial charge in [-0.15, -0.1) is 0 Å². The average molecular weight is 237 g/mol. The zero-order valence-electron chi connectivity index (χ0n) is 10.1. The van der Waals surface area contributed by atoms with Crippen molar-refractivity contribution in [1.82, 2.24) is 0 Å². The number of benzene rings is 2. The minimum Gasteiger partial charge on any atom is -0.381 e. The number of rotatable bonds is 5. The molecule has 3 heteroatoms. The maximum atomic E-state index is 8.35. The molecule has 0 bridgehead atoms. The second-order valence-corrected chi connectivity index (χ2v) is 4.04. The monoisotopic (exact) mass is 237 g/mol. The van der Waals surface area contributed by atoms with E-state index in [2.05, 4.69) is 22.2 Å². The SMILES string of the molecule is [N-]=[N+]=CCc1ccc(NCc2ccccc2)cc1. The van der Waals surface area contributed by atoms with Crippen LogP contribution in [-0.4, -0.2) is 11.0 Å². The highest BCUT2D eigenvalue weighted by atomic mass is 14.9. The number of anilines is 1. The highest BCUT2D eigenvalue weighted by molar-refractivity contribution is 5.57. The van der Waals surface area contributed by atoms with E-state index in [-0.39, 0.29) is 0 Å². The van der Waals surface area contributed by atoms with Gasteiger partial charge in [-0.1, -0.05) is 42.5 Å². The van der Waals surface area contributed by atoms with E-state index in [1.807, 2.05) is 42.5 Å². The Morgan fingerprint density at radius 1 is 0.944 bits per heavy atom. The van der Waals surface area contributed by atoms with Crippen LogP contribution in [0.1, 0.15) is 11.1 Å². The van der Waals surface area contributed by atoms with Gasteiger partial charge in [-0.25, -0.2) is 0 Å². The van der Waals surface area contributed by atoms with Gasteiger partial charge in [0.1, 0.15) is 0 Å². The summed E-state index contributed by atoms with van der Waals surface area (Å²) in [7, 11) is 0. The van der Waals surface area contributed by atoms with E-state index in [4.69, 9.17) is 5.53 Å². The van der Waals surface area contributed by atoms with E-state index in [1.54, 1.807) is 0 Å². The Hall–Kier alpha value is -2.38. The van der Waals surface area contributed by atoms with Crippen molar-refractivity contribution in [3.63, 3.8) is 0 Å². The molecule has 2 aromatic rings. The Balaban J connectivity index is 1.92. The van der Waals surface area contributed by atoms with Crippen LogP contribution in [0.25, 0.3) is 5.53 Å². The van der Waals surface area contributed by atoms with Crippen molar-refractivity contribution in [3.8, 4) is 0 Å². The number of nitrogens with zero attached hydrogens (tertiary/aromatic N) is 2. The molecule has 0 aliphatic heterocycles. The number of nitrogens with one attached hydrogen (secondary N) is 1. The maximum Gasteiger partial charge on any atom is 0.261 e. The molecule has 0 radical (unpaired) electrons. The third-order valence-corrected chi connectivity index (χ3v) is 2.70. The topological polar surface area (TPSA) is 48.4 Å². The van der Waals surface area contributed by atoms with Crippen LogP contribution >= 0.6 is 0 Å². The lowest BCUT2D eigenvalue weighted by atomic mass is 10.1. The first kappa shape index (κ1) is 12.1. The van der Waals surface area contributed by atoms with Gasteiger partial charge in [0.2, 0.25) is 0 Å². The smallest absolute Gasteiger partial charge is 0.261 e. The Bertz CT molecular complexity index is 525. The van der Waals surface area contributed by atoms with Gasteiger partial charge < -0.3 is 10.8 Å². The second kappa shape index (κ2) is 6.38. The minimum atomic E-state index is 0.648. The van der Waals surface area contributed by atoms with E-state index in [0.717, 1.165) is 17.8 Å². The second-order valence-electron chi connectivity index (χ2n) is 4.04. The first-order valence-electron chi connectivity index (χ1n) is 5.91. The largest absolute Gasteiger partial charge is 0.381 e. The molecule has 0 heterocycles. The molecule has 2 aromatic carbocycles. The van der Waals surface area contributed by atoms with E-state index in [0.29, 0.717) is 6.42 Å². The van der Waals surface area contributed by atoms with Crippen molar-refractivity contribution in [2.45, 2.75) is 13.0 Å². The van der Waals surface area contributed by atoms with Gasteiger partial charge in [-0.3, -0.25) is 0 Å². The van der Waals surface area contributed by atoms with Crippen LogP contribution in [0.5, 0.6) is 0 Å². The van der Waals surface area contributed by atoms with Crippen LogP contribution < -0.4 is 5.32 Å². The summed E-state index contributed by atoms with van der Waals surface area (Å²) in [4.78, 5) is 2.99. The molecule has 0 spiro atoms. The van der Waals surface area contributed by atoms with Crippen LogP contribution in [-0.2, 0) is 13.0 Å². The van der Waals surface area contributed by atoms with Crippen molar-refractivity contribution in [2.24, 2.45) is 0 Å². The predicted molar refractivity (Wildman–Crippen MR) is 73.6 cm³/mol. The van der Waals surface area contributed by atoms with Crippen molar-refractivity contribution in [1.29, 1.82) is 0 Å². The van der Waals surface area contributed by atoms with Crippen LogP contribution in [0.3, 0.4) is 0 Å². The van der Waals surface area contributed by atoms with Crippen molar-refractivity contribution in [2.75, 3.05) is 5.32 Å². The molecule has 0 aromatic heterocycles. The van der Waals surface area contributed by atoms with Crippen LogP contribution in [0.15, 0.2) is 54.6 Å². The Morgan fingerprint density at radius 3 is 2.33 bits per heavy atom. The summed E-state index contributed by atoms with van der Waals surface area (Å²) < 4.78 is 0. The molecular weight excluding hydrogens is 222 g/mol.